The van der Waals surface area contributed by atoms with Crippen molar-refractivity contribution in [3.63, 3.8) is 0 Å². The molecule has 1 aromatic heterocycles. The van der Waals surface area contributed by atoms with Gasteiger partial charge in [-0.2, -0.15) is 0 Å². The Balaban J connectivity index is 2.98. The number of nitrogens with one attached hydrogen (secondary N) is 1. The Morgan fingerprint density at radius 2 is 2.08 bits per heavy atom. The minimum absolute atomic E-state index is 0.0357. The number of hydrogen-bond acceptors (Lipinski definition) is 2. The van der Waals surface area contributed by atoms with Crippen LogP contribution < -0.4 is 4.74 Å². The molecule has 0 atom stereocenters. The van der Waals surface area contributed by atoms with Gasteiger partial charge in [0.05, 0.1) is 4.51 Å². The maximum absolute atomic E-state index is 11.7. The number of ether oxygens (including phenoxy) is 1. The summed E-state index contributed by atoms with van der Waals surface area (Å²) < 4.78 is 38.9. The maximum atomic E-state index is 11.7. The first-order valence-electron chi connectivity index (χ1n) is 3.33. The normalized spacial score (nSPS) is 11.4. The molecule has 1 rings (SSSR count). The van der Waals surface area contributed by atoms with Crippen LogP contribution in [0.2, 0.25) is 0 Å². The fraction of sp³-hybridized carbons (Fsp3) is 0.286. The van der Waals surface area contributed by atoms with E-state index in [2.05, 4.69) is 21.9 Å². The van der Waals surface area contributed by atoms with Crippen molar-refractivity contribution in [3.05, 3.63) is 22.5 Å². The summed E-state index contributed by atoms with van der Waals surface area (Å²) in [5.74, 6) is -0.381. The number of pyridine rings is 1. The lowest BCUT2D eigenvalue weighted by atomic mass is 10.4. The SMILES string of the molecule is Cc1cc(=S)c(OC(F)(F)F)c[nH]1. The second-order valence-corrected chi connectivity index (χ2v) is 2.83. The van der Waals surface area contributed by atoms with Gasteiger partial charge in [-0.1, -0.05) is 12.2 Å². The Morgan fingerprint density at radius 1 is 1.46 bits per heavy atom. The first-order valence-corrected chi connectivity index (χ1v) is 3.74. The number of aromatic nitrogens is 1. The Kier molecular flexibility index (Phi) is 2.60. The van der Waals surface area contributed by atoms with Gasteiger partial charge >= 0.3 is 6.36 Å². The molecule has 0 saturated carbocycles. The Bertz CT molecular complexity index is 357. The van der Waals surface area contributed by atoms with Crippen molar-refractivity contribution in [2.24, 2.45) is 0 Å². The molecule has 1 N–H and O–H groups in total. The molecule has 6 heteroatoms. The van der Waals surface area contributed by atoms with Gasteiger partial charge in [-0.15, -0.1) is 13.2 Å². The van der Waals surface area contributed by atoms with Gasteiger partial charge in [0.15, 0.2) is 5.75 Å². The summed E-state index contributed by atoms with van der Waals surface area (Å²) in [7, 11) is 0. The van der Waals surface area contributed by atoms with Crippen LogP contribution in [0.25, 0.3) is 0 Å². The van der Waals surface area contributed by atoms with Crippen LogP contribution >= 0.6 is 12.2 Å². The number of hydrogen-bond donors (Lipinski definition) is 1. The largest absolute Gasteiger partial charge is 0.573 e. The molecule has 13 heavy (non-hydrogen) atoms. The molecule has 0 aliphatic carbocycles. The minimum Gasteiger partial charge on any atom is -0.403 e. The monoisotopic (exact) mass is 209 g/mol. The van der Waals surface area contributed by atoms with E-state index in [-0.39, 0.29) is 10.3 Å². The van der Waals surface area contributed by atoms with Gasteiger partial charge in [0.2, 0.25) is 0 Å². The highest BCUT2D eigenvalue weighted by Crippen LogP contribution is 2.23. The average Bonchev–Trinajstić information content (AvgIpc) is 1.93. The van der Waals surface area contributed by atoms with E-state index in [1.807, 2.05) is 0 Å². The van der Waals surface area contributed by atoms with Crippen molar-refractivity contribution in [1.29, 1.82) is 0 Å². The summed E-state index contributed by atoms with van der Waals surface area (Å²) in [6.07, 6.45) is -3.61. The van der Waals surface area contributed by atoms with Crippen molar-refractivity contribution in [2.45, 2.75) is 13.3 Å². The summed E-state index contributed by atoms with van der Waals surface area (Å²) >= 11 is 4.66. The quantitative estimate of drug-likeness (QED) is 0.719. The molecule has 0 radical (unpaired) electrons. The Labute approximate surface area is 77.3 Å². The van der Waals surface area contributed by atoms with Crippen LogP contribution in [0.1, 0.15) is 5.69 Å². The molecule has 0 aliphatic heterocycles. The fourth-order valence-electron chi connectivity index (χ4n) is 0.764. The van der Waals surface area contributed by atoms with Crippen LogP contribution in [-0.4, -0.2) is 11.3 Å². The van der Waals surface area contributed by atoms with E-state index in [0.717, 1.165) is 6.20 Å². The standard InChI is InChI=1S/C7H6F3NOS/c1-4-2-6(13)5(3-11-4)12-7(8,9)10/h2-3H,1H3,(H,11,13). The van der Waals surface area contributed by atoms with E-state index >= 15 is 0 Å². The first-order chi connectivity index (χ1) is 5.88. The number of rotatable bonds is 1. The van der Waals surface area contributed by atoms with Crippen molar-refractivity contribution in [1.82, 2.24) is 4.98 Å². The molecule has 0 aromatic carbocycles. The van der Waals surface area contributed by atoms with E-state index in [1.165, 1.54) is 6.07 Å². The number of alkyl halides is 3. The molecular weight excluding hydrogens is 203 g/mol. The summed E-state index contributed by atoms with van der Waals surface area (Å²) in [4.78, 5) is 2.57. The van der Waals surface area contributed by atoms with Gasteiger partial charge in [-0.25, -0.2) is 0 Å². The third kappa shape index (κ3) is 3.06. The molecule has 0 unspecified atom stereocenters. The summed E-state index contributed by atoms with van der Waals surface area (Å²) in [5.41, 5.74) is 0.680. The molecule has 1 aromatic rings. The zero-order chi connectivity index (χ0) is 10.1. The number of halogens is 3. The summed E-state index contributed by atoms with van der Waals surface area (Å²) in [6.45, 7) is 1.69. The Hall–Kier alpha value is -1.04. The van der Waals surface area contributed by atoms with Crippen LogP contribution in [0.5, 0.6) is 5.75 Å². The zero-order valence-electron chi connectivity index (χ0n) is 6.61. The highest BCUT2D eigenvalue weighted by atomic mass is 32.1. The molecule has 0 aliphatic rings. The molecule has 0 bridgehead atoms. The van der Waals surface area contributed by atoms with Crippen molar-refractivity contribution >= 4 is 12.2 Å². The van der Waals surface area contributed by atoms with Crippen LogP contribution in [-0.2, 0) is 0 Å². The van der Waals surface area contributed by atoms with Crippen molar-refractivity contribution < 1.29 is 17.9 Å². The zero-order valence-corrected chi connectivity index (χ0v) is 7.42. The maximum Gasteiger partial charge on any atom is 0.573 e. The van der Waals surface area contributed by atoms with Gasteiger partial charge in [0.1, 0.15) is 0 Å². The van der Waals surface area contributed by atoms with Crippen LogP contribution in [0.3, 0.4) is 0 Å². The predicted octanol–water partition coefficient (Wildman–Crippen LogP) is 2.95. The topological polar surface area (TPSA) is 25.0 Å². The van der Waals surface area contributed by atoms with Crippen LogP contribution in [0.15, 0.2) is 12.3 Å². The van der Waals surface area contributed by atoms with Gasteiger partial charge in [-0.3, -0.25) is 0 Å². The molecule has 0 fully saturated rings. The molecule has 0 spiro atoms. The molecule has 2 nitrogen and oxygen atoms in total. The van der Waals surface area contributed by atoms with E-state index in [4.69, 9.17) is 0 Å². The average molecular weight is 209 g/mol. The summed E-state index contributed by atoms with van der Waals surface area (Å²) in [5, 5.41) is 0. The lowest BCUT2D eigenvalue weighted by molar-refractivity contribution is -0.274. The second-order valence-electron chi connectivity index (χ2n) is 2.39. The Morgan fingerprint density at radius 3 is 2.54 bits per heavy atom. The first kappa shape index (κ1) is 10.0. The number of aryl methyl sites for hydroxylation is 1. The minimum atomic E-state index is -4.70. The van der Waals surface area contributed by atoms with Crippen molar-refractivity contribution in [3.8, 4) is 5.75 Å². The van der Waals surface area contributed by atoms with Gasteiger partial charge < -0.3 is 9.72 Å². The number of H-pyrrole nitrogens is 1. The van der Waals surface area contributed by atoms with Gasteiger partial charge in [0, 0.05) is 11.9 Å². The molecule has 0 amide bonds. The smallest absolute Gasteiger partial charge is 0.403 e. The lowest BCUT2D eigenvalue weighted by Gasteiger charge is -2.08. The van der Waals surface area contributed by atoms with E-state index < -0.39 is 6.36 Å². The predicted molar refractivity (Wildman–Crippen MR) is 43.0 cm³/mol. The third-order valence-electron chi connectivity index (χ3n) is 1.25. The highest BCUT2D eigenvalue weighted by molar-refractivity contribution is 7.71. The van der Waals surface area contributed by atoms with E-state index in [9.17, 15) is 13.2 Å². The lowest BCUT2D eigenvalue weighted by Crippen LogP contribution is -2.17. The van der Waals surface area contributed by atoms with E-state index in [1.54, 1.807) is 6.92 Å². The number of aromatic amines is 1. The van der Waals surface area contributed by atoms with Crippen LogP contribution in [0, 0.1) is 11.4 Å². The van der Waals surface area contributed by atoms with Crippen LogP contribution in [0.4, 0.5) is 13.2 Å². The molecular formula is C7H6F3NOS. The van der Waals surface area contributed by atoms with Gasteiger partial charge in [0.25, 0.3) is 0 Å². The fourth-order valence-corrected chi connectivity index (χ4v) is 1.04. The highest BCUT2D eigenvalue weighted by Gasteiger charge is 2.31. The van der Waals surface area contributed by atoms with E-state index in [0.29, 0.717) is 5.69 Å². The molecule has 72 valence electrons. The molecule has 1 heterocycles. The third-order valence-corrected chi connectivity index (χ3v) is 1.57. The van der Waals surface area contributed by atoms with Gasteiger partial charge in [-0.05, 0) is 13.0 Å². The second kappa shape index (κ2) is 3.37. The summed E-state index contributed by atoms with van der Waals surface area (Å²) in [6, 6.07) is 1.40. The molecule has 0 saturated heterocycles. The van der Waals surface area contributed by atoms with Crippen molar-refractivity contribution in [2.75, 3.05) is 0 Å².